The van der Waals surface area contributed by atoms with Crippen molar-refractivity contribution in [3.8, 4) is 0 Å². The van der Waals surface area contributed by atoms with Crippen LogP contribution in [0.2, 0.25) is 37.3 Å². The summed E-state index contributed by atoms with van der Waals surface area (Å²) in [5.74, 6) is 5.15. The first kappa shape index (κ1) is 45.5. The number of fused-ring (bicyclic) bond motifs is 1. The molecular formula is C44H74Cl2Si2Zr. The van der Waals surface area contributed by atoms with E-state index in [0.29, 0.717) is 5.92 Å². The molecule has 0 aliphatic heterocycles. The summed E-state index contributed by atoms with van der Waals surface area (Å²) in [6.45, 7) is 31.2. The van der Waals surface area contributed by atoms with Crippen LogP contribution in [0.5, 0.6) is 0 Å². The number of rotatable bonds is 7. The van der Waals surface area contributed by atoms with Crippen molar-refractivity contribution in [3.05, 3.63) is 85.6 Å². The van der Waals surface area contributed by atoms with Crippen LogP contribution in [0.25, 0.3) is 0 Å². The first-order valence-corrected chi connectivity index (χ1v) is 32.5. The zero-order chi connectivity index (χ0) is 34.9. The third-order valence-corrected chi connectivity index (χ3v) is 34.8. The minimum atomic E-state index is -1.44. The maximum absolute atomic E-state index is 4.93. The van der Waals surface area contributed by atoms with Crippen LogP contribution in [-0.2, 0) is 31.7 Å². The third kappa shape index (κ3) is 10.3. The van der Waals surface area contributed by atoms with Gasteiger partial charge in [-0.05, 0) is 98.9 Å². The van der Waals surface area contributed by atoms with Gasteiger partial charge in [-0.15, -0.1) is 0 Å². The Morgan fingerprint density at radius 2 is 1.31 bits per heavy atom. The molecule has 3 fully saturated rings. The molecule has 0 amide bonds. The van der Waals surface area contributed by atoms with Gasteiger partial charge in [0.2, 0.25) is 0 Å². The average Bonchev–Trinajstić information content (AvgIpc) is 3.61. The molecule has 8 unspecified atom stereocenters. The summed E-state index contributed by atoms with van der Waals surface area (Å²) in [6, 6.07) is 19.2. The second-order valence-electron chi connectivity index (χ2n) is 19.4. The van der Waals surface area contributed by atoms with Crippen LogP contribution < -0.4 is 0 Å². The van der Waals surface area contributed by atoms with Gasteiger partial charge >= 0.3 is 37.9 Å². The zero-order valence-corrected chi connectivity index (χ0v) is 40.1. The van der Waals surface area contributed by atoms with Gasteiger partial charge in [-0.2, -0.15) is 0 Å². The van der Waals surface area contributed by atoms with Crippen LogP contribution >= 0.6 is 17.0 Å². The van der Waals surface area contributed by atoms with Gasteiger partial charge in [0.25, 0.3) is 0 Å². The van der Waals surface area contributed by atoms with Gasteiger partial charge in [-0.3, -0.25) is 0 Å². The summed E-state index contributed by atoms with van der Waals surface area (Å²) in [5.41, 5.74) is 8.77. The van der Waals surface area contributed by atoms with E-state index in [2.05, 4.69) is 130 Å². The first-order valence-electron chi connectivity index (χ1n) is 19.0. The number of hydrogen-bond acceptors (Lipinski definition) is 0. The molecule has 0 radical (unpaired) electrons. The fourth-order valence-electron chi connectivity index (χ4n) is 10.8. The quantitative estimate of drug-likeness (QED) is 0.193. The van der Waals surface area contributed by atoms with Gasteiger partial charge in [0.1, 0.15) is 0 Å². The van der Waals surface area contributed by atoms with Crippen LogP contribution in [0.1, 0.15) is 141 Å². The normalized spacial score (nSPS) is 27.8. The van der Waals surface area contributed by atoms with E-state index in [4.69, 9.17) is 17.0 Å². The Hall–Kier alpha value is 0.337. The zero-order valence-electron chi connectivity index (χ0n) is 34.2. The molecule has 5 heteroatoms. The van der Waals surface area contributed by atoms with Crippen LogP contribution in [0.4, 0.5) is 0 Å². The van der Waals surface area contributed by atoms with E-state index in [1.54, 1.807) is 22.3 Å². The van der Waals surface area contributed by atoms with Crippen molar-refractivity contribution in [3.63, 3.8) is 0 Å². The molecule has 49 heavy (non-hydrogen) atoms. The van der Waals surface area contributed by atoms with E-state index >= 15 is 0 Å². The van der Waals surface area contributed by atoms with Crippen molar-refractivity contribution < 1.29 is 20.8 Å². The van der Waals surface area contributed by atoms with Crippen molar-refractivity contribution in [2.24, 2.45) is 23.7 Å². The van der Waals surface area contributed by atoms with Crippen LogP contribution in [0.15, 0.2) is 48.5 Å². The molecule has 3 aliphatic carbocycles. The van der Waals surface area contributed by atoms with Gasteiger partial charge in [0, 0.05) is 15.2 Å². The van der Waals surface area contributed by atoms with Crippen LogP contribution in [-0.4, -0.2) is 15.2 Å². The van der Waals surface area contributed by atoms with E-state index in [0.717, 1.165) is 40.7 Å². The van der Waals surface area contributed by atoms with E-state index < -0.39 is 36.0 Å². The monoisotopic (exact) mass is 818 g/mol. The molecule has 0 N–H and O–H groups in total. The summed E-state index contributed by atoms with van der Waals surface area (Å²) in [4.78, 5) is 0. The third-order valence-electron chi connectivity index (χ3n) is 14.1. The molecule has 0 heterocycles. The SMILES string of the molecule is CC(CC1CCC([Si](C)(C)[Si](C)(C)C2C(C)CC3C(c4cc(C(C)(C)C)cc(C(C)(C)C)c4)CCCC32)C1)c1ccccc1.[CH3-].[CH3-].[Cl][Zr+2][Cl]. The van der Waals surface area contributed by atoms with Crippen molar-refractivity contribution in [1.82, 2.24) is 0 Å². The summed E-state index contributed by atoms with van der Waals surface area (Å²) in [6.07, 6.45) is 11.8. The Kier molecular flexibility index (Phi) is 16.8. The van der Waals surface area contributed by atoms with Crippen LogP contribution in [0.3, 0.4) is 0 Å². The molecule has 0 nitrogen and oxygen atoms in total. The summed E-state index contributed by atoms with van der Waals surface area (Å²) in [5, 5.41) is 0. The maximum atomic E-state index is 4.93. The fourth-order valence-corrected chi connectivity index (χ4v) is 25.6. The molecule has 3 aliphatic rings. The summed E-state index contributed by atoms with van der Waals surface area (Å²) >= 11 is -0.826. The van der Waals surface area contributed by atoms with Gasteiger partial charge in [-0.25, -0.2) is 0 Å². The van der Waals surface area contributed by atoms with Gasteiger partial charge < -0.3 is 14.9 Å². The van der Waals surface area contributed by atoms with Gasteiger partial charge in [0.05, 0.1) is 0 Å². The predicted molar refractivity (Wildman–Crippen MR) is 225 cm³/mol. The number of halogens is 2. The molecule has 0 bridgehead atoms. The average molecular weight is 821 g/mol. The molecular weight excluding hydrogens is 747 g/mol. The fraction of sp³-hybridized carbons (Fsp3) is 0.682. The molecule has 0 spiro atoms. The molecule has 2 aromatic carbocycles. The Morgan fingerprint density at radius 3 is 1.84 bits per heavy atom. The Morgan fingerprint density at radius 1 is 0.755 bits per heavy atom. The molecule has 5 rings (SSSR count). The minimum absolute atomic E-state index is 0. The summed E-state index contributed by atoms with van der Waals surface area (Å²) < 4.78 is 0. The molecule has 0 saturated heterocycles. The first-order chi connectivity index (χ1) is 21.8. The van der Waals surface area contributed by atoms with Crippen LogP contribution in [0, 0.1) is 38.5 Å². The predicted octanol–water partition coefficient (Wildman–Crippen LogP) is 15.3. The van der Waals surface area contributed by atoms with Crippen molar-refractivity contribution in [2.75, 3.05) is 0 Å². The molecule has 0 aromatic heterocycles. The summed E-state index contributed by atoms with van der Waals surface area (Å²) in [7, 11) is 7.04. The molecule has 276 valence electrons. The van der Waals surface area contributed by atoms with E-state index in [1.165, 1.54) is 51.4 Å². The second-order valence-corrected chi connectivity index (χ2v) is 39.2. The second kappa shape index (κ2) is 18.1. The Balaban J connectivity index is 0.00000161. The number of benzene rings is 2. The standard InChI is InChI=1S/C42H68Si2.2CH3.2ClH.Zr/c1-29(32-17-14-13-15-18-32)23-31-21-22-36(25-31)43(9,10)44(11,12)40-30(2)24-39-37(19-16-20-38(39)40)33-26-34(41(3,4)5)28-35(27-33)42(6,7)8;;;;;/h13-15,17-18,26-31,36-40H,16,19-25H2,1-12H3;2*1H3;2*1H;/q;2*-1;;;+4/p-2. The number of hydrogen-bond donors (Lipinski definition) is 0. The van der Waals surface area contributed by atoms with Crippen molar-refractivity contribution in [1.29, 1.82) is 0 Å². The van der Waals surface area contributed by atoms with E-state index in [1.807, 2.05) is 0 Å². The van der Waals surface area contributed by atoms with E-state index in [-0.39, 0.29) is 25.7 Å². The Labute approximate surface area is 326 Å². The van der Waals surface area contributed by atoms with Gasteiger partial charge in [0.15, 0.2) is 0 Å². The molecule has 8 atom stereocenters. The molecule has 2 aromatic rings. The topological polar surface area (TPSA) is 0 Å². The van der Waals surface area contributed by atoms with Gasteiger partial charge in [-0.1, -0.05) is 162 Å². The van der Waals surface area contributed by atoms with Crippen molar-refractivity contribution >= 4 is 32.2 Å². The van der Waals surface area contributed by atoms with E-state index in [9.17, 15) is 0 Å². The van der Waals surface area contributed by atoms with Crippen molar-refractivity contribution in [2.45, 2.75) is 167 Å². The molecule has 3 saturated carbocycles. The Bertz CT molecular complexity index is 1260.